The summed E-state index contributed by atoms with van der Waals surface area (Å²) in [5, 5.41) is 3.77. The van der Waals surface area contributed by atoms with E-state index in [1.165, 1.54) is 11.1 Å². The normalized spacial score (nSPS) is 19.4. The smallest absolute Gasteiger partial charge is 0.336 e. The van der Waals surface area contributed by atoms with Crippen molar-refractivity contribution in [2.75, 3.05) is 26.2 Å². The number of benzene rings is 1. The van der Waals surface area contributed by atoms with Crippen molar-refractivity contribution >= 4 is 22.8 Å². The van der Waals surface area contributed by atoms with Crippen LogP contribution in [0.5, 0.6) is 0 Å². The minimum atomic E-state index is -0.485. The van der Waals surface area contributed by atoms with Crippen LogP contribution in [0.3, 0.4) is 0 Å². The molecule has 5 rings (SSSR count). The van der Waals surface area contributed by atoms with Crippen LogP contribution in [0.1, 0.15) is 36.0 Å². The van der Waals surface area contributed by atoms with E-state index in [9.17, 15) is 14.4 Å². The number of amides is 2. The van der Waals surface area contributed by atoms with Crippen molar-refractivity contribution in [3.8, 4) is 0 Å². The van der Waals surface area contributed by atoms with Crippen LogP contribution in [-0.2, 0) is 29.0 Å². The Hall–Kier alpha value is -2.67. The SMILES string of the molecule is O=C(NC1CC1)C(=O)N1CCN(Cc2cc(=O)oc3cc4c(cc23)CCC4)CC1. The van der Waals surface area contributed by atoms with Crippen LogP contribution < -0.4 is 10.9 Å². The Kier molecular flexibility index (Phi) is 4.62. The second-order valence-corrected chi connectivity index (χ2v) is 8.38. The summed E-state index contributed by atoms with van der Waals surface area (Å²) in [5.41, 5.74) is 3.95. The van der Waals surface area contributed by atoms with Crippen LogP contribution in [-0.4, -0.2) is 53.8 Å². The van der Waals surface area contributed by atoms with Gasteiger partial charge in [-0.1, -0.05) is 0 Å². The number of hydrogen-bond donors (Lipinski definition) is 1. The van der Waals surface area contributed by atoms with Gasteiger partial charge in [-0.05, 0) is 60.9 Å². The Labute approximate surface area is 168 Å². The van der Waals surface area contributed by atoms with Crippen molar-refractivity contribution in [1.82, 2.24) is 15.1 Å². The Bertz CT molecular complexity index is 1030. The number of aryl methyl sites for hydroxylation is 2. The predicted octanol–water partition coefficient (Wildman–Crippen LogP) is 1.20. The summed E-state index contributed by atoms with van der Waals surface area (Å²) < 4.78 is 5.46. The maximum Gasteiger partial charge on any atom is 0.336 e. The molecule has 0 unspecified atom stereocenters. The molecule has 7 heteroatoms. The molecule has 1 N–H and O–H groups in total. The maximum absolute atomic E-state index is 12.3. The minimum Gasteiger partial charge on any atom is -0.423 e. The lowest BCUT2D eigenvalue weighted by Gasteiger charge is -2.34. The van der Waals surface area contributed by atoms with E-state index in [4.69, 9.17) is 4.42 Å². The summed E-state index contributed by atoms with van der Waals surface area (Å²) in [6.45, 7) is 3.03. The number of piperazine rings is 1. The summed E-state index contributed by atoms with van der Waals surface area (Å²) in [4.78, 5) is 40.2. The number of rotatable bonds is 3. The zero-order valence-corrected chi connectivity index (χ0v) is 16.4. The predicted molar refractivity (Wildman–Crippen MR) is 108 cm³/mol. The first kappa shape index (κ1) is 18.4. The van der Waals surface area contributed by atoms with Crippen molar-refractivity contribution < 1.29 is 14.0 Å². The van der Waals surface area contributed by atoms with Gasteiger partial charge in [0.05, 0.1) is 0 Å². The topological polar surface area (TPSA) is 82.9 Å². The van der Waals surface area contributed by atoms with E-state index in [2.05, 4.69) is 16.3 Å². The first-order valence-corrected chi connectivity index (χ1v) is 10.5. The van der Waals surface area contributed by atoms with E-state index in [1.807, 2.05) is 6.07 Å². The molecule has 2 amide bonds. The van der Waals surface area contributed by atoms with Gasteiger partial charge in [0.25, 0.3) is 0 Å². The van der Waals surface area contributed by atoms with E-state index in [1.54, 1.807) is 11.0 Å². The van der Waals surface area contributed by atoms with Crippen molar-refractivity contribution in [3.63, 3.8) is 0 Å². The molecule has 2 heterocycles. The average molecular weight is 395 g/mol. The van der Waals surface area contributed by atoms with Crippen LogP contribution in [0.4, 0.5) is 0 Å². The average Bonchev–Trinajstić information content (AvgIpc) is 3.41. The molecule has 152 valence electrons. The number of carbonyl (C=O) groups excluding carboxylic acids is 2. The molecule has 0 radical (unpaired) electrons. The van der Waals surface area contributed by atoms with Crippen LogP contribution in [0.2, 0.25) is 0 Å². The fourth-order valence-electron chi connectivity index (χ4n) is 4.39. The van der Waals surface area contributed by atoms with Crippen LogP contribution >= 0.6 is 0 Å². The van der Waals surface area contributed by atoms with Crippen molar-refractivity contribution in [2.24, 2.45) is 0 Å². The van der Waals surface area contributed by atoms with E-state index < -0.39 is 11.8 Å². The molecule has 2 aromatic rings. The second kappa shape index (κ2) is 7.30. The Balaban J connectivity index is 1.28. The molecule has 2 fully saturated rings. The Morgan fingerprint density at radius 3 is 2.48 bits per heavy atom. The van der Waals surface area contributed by atoms with E-state index >= 15 is 0 Å². The van der Waals surface area contributed by atoms with E-state index in [-0.39, 0.29) is 11.7 Å². The molecule has 1 saturated heterocycles. The number of fused-ring (bicyclic) bond motifs is 2. The second-order valence-electron chi connectivity index (χ2n) is 8.38. The molecule has 0 spiro atoms. The van der Waals surface area contributed by atoms with Gasteiger partial charge in [0.1, 0.15) is 5.58 Å². The molecular weight excluding hydrogens is 370 g/mol. The molecule has 7 nitrogen and oxygen atoms in total. The highest BCUT2D eigenvalue weighted by molar-refractivity contribution is 6.35. The standard InChI is InChI=1S/C22H25N3O4/c26-20-12-16(18-10-14-2-1-3-15(14)11-19(18)29-20)13-24-6-8-25(9-7-24)22(28)21(27)23-17-4-5-17/h10-12,17H,1-9,13H2,(H,23,27). The van der Waals surface area contributed by atoms with Gasteiger partial charge in [0, 0.05) is 50.2 Å². The van der Waals surface area contributed by atoms with Crippen molar-refractivity contribution in [2.45, 2.75) is 44.7 Å². The largest absolute Gasteiger partial charge is 0.423 e. The van der Waals surface area contributed by atoms with E-state index in [0.29, 0.717) is 38.3 Å². The molecular formula is C22H25N3O4. The fraction of sp³-hybridized carbons (Fsp3) is 0.500. The van der Waals surface area contributed by atoms with Crippen molar-refractivity contribution in [3.05, 3.63) is 45.3 Å². The summed E-state index contributed by atoms with van der Waals surface area (Å²) in [6, 6.07) is 5.98. The maximum atomic E-state index is 12.3. The number of nitrogens with one attached hydrogen (secondary N) is 1. The monoisotopic (exact) mass is 395 g/mol. The quantitative estimate of drug-likeness (QED) is 0.624. The molecule has 1 aromatic heterocycles. The van der Waals surface area contributed by atoms with Gasteiger partial charge in [-0.2, -0.15) is 0 Å². The Morgan fingerprint density at radius 2 is 1.76 bits per heavy atom. The van der Waals surface area contributed by atoms with Gasteiger partial charge in [-0.15, -0.1) is 0 Å². The van der Waals surface area contributed by atoms with Crippen molar-refractivity contribution in [1.29, 1.82) is 0 Å². The summed E-state index contributed by atoms with van der Waals surface area (Å²) in [5.74, 6) is -0.917. The summed E-state index contributed by atoms with van der Waals surface area (Å²) >= 11 is 0. The highest BCUT2D eigenvalue weighted by atomic mass is 16.4. The summed E-state index contributed by atoms with van der Waals surface area (Å²) in [6.07, 6.45) is 5.21. The van der Waals surface area contributed by atoms with Gasteiger partial charge in [-0.3, -0.25) is 14.5 Å². The Morgan fingerprint density at radius 1 is 1.03 bits per heavy atom. The highest BCUT2D eigenvalue weighted by Gasteiger charge is 2.30. The zero-order chi connectivity index (χ0) is 20.0. The third-order valence-electron chi connectivity index (χ3n) is 6.20. The molecule has 0 atom stereocenters. The van der Waals surface area contributed by atoms with Crippen LogP contribution in [0, 0.1) is 0 Å². The number of nitrogens with zero attached hydrogens (tertiary/aromatic N) is 2. The van der Waals surface area contributed by atoms with Crippen LogP contribution in [0.25, 0.3) is 11.0 Å². The number of hydrogen-bond acceptors (Lipinski definition) is 5. The lowest BCUT2D eigenvalue weighted by molar-refractivity contribution is -0.147. The lowest BCUT2D eigenvalue weighted by Crippen LogP contribution is -2.52. The van der Waals surface area contributed by atoms with Crippen LogP contribution in [0.15, 0.2) is 27.4 Å². The molecule has 1 aromatic carbocycles. The molecule has 3 aliphatic rings. The van der Waals surface area contributed by atoms with Gasteiger partial charge in [-0.25, -0.2) is 4.79 Å². The minimum absolute atomic E-state index is 0.187. The first-order valence-electron chi connectivity index (χ1n) is 10.5. The molecule has 1 aliphatic heterocycles. The molecule has 2 aliphatic carbocycles. The lowest BCUT2D eigenvalue weighted by atomic mass is 10.0. The molecule has 29 heavy (non-hydrogen) atoms. The fourth-order valence-corrected chi connectivity index (χ4v) is 4.39. The molecule has 1 saturated carbocycles. The zero-order valence-electron chi connectivity index (χ0n) is 16.4. The third-order valence-corrected chi connectivity index (χ3v) is 6.20. The highest BCUT2D eigenvalue weighted by Crippen LogP contribution is 2.29. The molecule has 0 bridgehead atoms. The third kappa shape index (κ3) is 3.79. The van der Waals surface area contributed by atoms with Gasteiger partial charge >= 0.3 is 17.4 Å². The number of carbonyl (C=O) groups is 2. The first-order chi connectivity index (χ1) is 14.1. The van der Waals surface area contributed by atoms with Gasteiger partial charge in [0.15, 0.2) is 0 Å². The summed E-state index contributed by atoms with van der Waals surface area (Å²) in [7, 11) is 0. The van der Waals surface area contributed by atoms with Gasteiger partial charge < -0.3 is 14.6 Å². The van der Waals surface area contributed by atoms with Gasteiger partial charge in [0.2, 0.25) is 0 Å². The van der Waals surface area contributed by atoms with E-state index in [0.717, 1.165) is 43.1 Å².